The van der Waals surface area contributed by atoms with Crippen molar-refractivity contribution in [3.63, 3.8) is 0 Å². The van der Waals surface area contributed by atoms with Crippen molar-refractivity contribution in [3.8, 4) is 11.1 Å². The number of hydrogen-bond donors (Lipinski definition) is 2. The first-order chi connectivity index (χ1) is 16.2. The molecule has 0 spiro atoms. The molecule has 5 rings (SSSR count). The summed E-state index contributed by atoms with van der Waals surface area (Å²) >= 11 is 0. The standard InChI is InChI=1S/C27H35FN4O2/c1-17-4-3-12-31(17)16-19-6-5-18(14-23(19)28)22-15-30-25(29)24-21(22)9-13-32(26(24)33)20-7-10-27(2,34)11-8-20/h5-6,14-15,17,20,34H,3-4,7-13,16H2,1-2H3,(H2,29,30)/t17-,20?,27?/m1/s1. The monoisotopic (exact) mass is 466 g/mol. The Balaban J connectivity index is 1.41. The highest BCUT2D eigenvalue weighted by Gasteiger charge is 2.37. The molecule has 3 N–H and O–H groups in total. The summed E-state index contributed by atoms with van der Waals surface area (Å²) in [6.45, 7) is 6.28. The first-order valence-electron chi connectivity index (χ1n) is 12.6. The zero-order valence-electron chi connectivity index (χ0n) is 20.2. The number of fused-ring (bicyclic) bond motifs is 1. The van der Waals surface area contributed by atoms with Crippen LogP contribution in [0.15, 0.2) is 24.4 Å². The van der Waals surface area contributed by atoms with Crippen LogP contribution in [0.25, 0.3) is 11.1 Å². The van der Waals surface area contributed by atoms with Crippen molar-refractivity contribution in [2.45, 2.75) is 83.0 Å². The van der Waals surface area contributed by atoms with E-state index in [0.717, 1.165) is 48.9 Å². The van der Waals surface area contributed by atoms with E-state index in [1.165, 1.54) is 0 Å². The number of nitrogen functional groups attached to an aromatic ring is 1. The van der Waals surface area contributed by atoms with Crippen LogP contribution in [0.5, 0.6) is 0 Å². The van der Waals surface area contributed by atoms with Gasteiger partial charge in [-0.15, -0.1) is 0 Å². The summed E-state index contributed by atoms with van der Waals surface area (Å²) in [6.07, 6.45) is 7.58. The van der Waals surface area contributed by atoms with Crippen molar-refractivity contribution in [1.29, 1.82) is 0 Å². The van der Waals surface area contributed by atoms with Crippen LogP contribution in [0, 0.1) is 5.82 Å². The van der Waals surface area contributed by atoms with Crippen LogP contribution in [-0.4, -0.2) is 56.6 Å². The van der Waals surface area contributed by atoms with Crippen LogP contribution >= 0.6 is 0 Å². The Bertz CT molecular complexity index is 1090. The lowest BCUT2D eigenvalue weighted by Crippen LogP contribution is -2.48. The van der Waals surface area contributed by atoms with Gasteiger partial charge in [0.25, 0.3) is 5.91 Å². The first-order valence-corrected chi connectivity index (χ1v) is 12.6. The number of anilines is 1. The Kier molecular flexibility index (Phi) is 6.10. The van der Waals surface area contributed by atoms with Gasteiger partial charge in [0.15, 0.2) is 0 Å². The molecule has 7 heteroatoms. The van der Waals surface area contributed by atoms with Gasteiger partial charge in [-0.05, 0) is 82.5 Å². The van der Waals surface area contributed by atoms with Crippen LogP contribution in [0.4, 0.5) is 10.2 Å². The maximum absolute atomic E-state index is 15.1. The number of halogens is 1. The van der Waals surface area contributed by atoms with Gasteiger partial charge in [-0.2, -0.15) is 0 Å². The lowest BCUT2D eigenvalue weighted by Gasteiger charge is -2.41. The number of aliphatic hydroxyl groups is 1. The van der Waals surface area contributed by atoms with Gasteiger partial charge < -0.3 is 15.7 Å². The molecule has 1 aromatic heterocycles. The molecule has 2 aliphatic heterocycles. The van der Waals surface area contributed by atoms with E-state index >= 15 is 4.39 Å². The van der Waals surface area contributed by atoms with Gasteiger partial charge in [-0.1, -0.05) is 12.1 Å². The highest BCUT2D eigenvalue weighted by molar-refractivity contribution is 6.02. The minimum atomic E-state index is -0.649. The molecule has 182 valence electrons. The lowest BCUT2D eigenvalue weighted by molar-refractivity contribution is -0.00423. The van der Waals surface area contributed by atoms with Crippen LogP contribution < -0.4 is 5.73 Å². The van der Waals surface area contributed by atoms with Crippen molar-refractivity contribution in [2.24, 2.45) is 0 Å². The van der Waals surface area contributed by atoms with Gasteiger partial charge in [0.05, 0.1) is 11.2 Å². The molecule has 3 aliphatic rings. The molecule has 1 amide bonds. The molecule has 1 saturated carbocycles. The number of pyridine rings is 1. The molecule has 0 radical (unpaired) electrons. The van der Waals surface area contributed by atoms with Crippen molar-refractivity contribution >= 4 is 11.7 Å². The summed E-state index contributed by atoms with van der Waals surface area (Å²) in [4.78, 5) is 22.0. The molecule has 0 bridgehead atoms. The average molecular weight is 467 g/mol. The third kappa shape index (κ3) is 4.31. The average Bonchev–Trinajstić information content (AvgIpc) is 3.20. The SMILES string of the molecule is C[C@@H]1CCCN1Cc1ccc(-c2cnc(N)c3c2CCN(C2CCC(C)(O)CC2)C3=O)cc1F. The second-order valence-electron chi connectivity index (χ2n) is 10.7. The molecule has 3 heterocycles. The van der Waals surface area contributed by atoms with Crippen LogP contribution in [0.1, 0.15) is 73.9 Å². The Morgan fingerprint density at radius 1 is 1.24 bits per heavy atom. The Labute approximate surface area is 201 Å². The van der Waals surface area contributed by atoms with Gasteiger partial charge in [0.2, 0.25) is 0 Å². The van der Waals surface area contributed by atoms with Crippen molar-refractivity contribution in [2.75, 3.05) is 18.8 Å². The summed E-state index contributed by atoms with van der Waals surface area (Å²) in [5.74, 6) is -0.0867. The van der Waals surface area contributed by atoms with Crippen molar-refractivity contribution < 1.29 is 14.3 Å². The molecular weight excluding hydrogens is 431 g/mol. The molecule has 6 nitrogen and oxygen atoms in total. The fourth-order valence-corrected chi connectivity index (χ4v) is 5.96. The molecule has 2 fully saturated rings. The first kappa shape index (κ1) is 23.2. The van der Waals surface area contributed by atoms with E-state index in [-0.39, 0.29) is 23.6 Å². The number of nitrogens with zero attached hydrogens (tertiary/aromatic N) is 3. The fraction of sp³-hybridized carbons (Fsp3) is 0.556. The highest BCUT2D eigenvalue weighted by atomic mass is 19.1. The number of likely N-dealkylation sites (tertiary alicyclic amines) is 1. The number of nitrogens with two attached hydrogens (primary N) is 1. The smallest absolute Gasteiger partial charge is 0.258 e. The van der Waals surface area contributed by atoms with E-state index < -0.39 is 5.60 Å². The topological polar surface area (TPSA) is 82.7 Å². The number of carbonyl (C=O) groups is 1. The van der Waals surface area contributed by atoms with Crippen molar-refractivity contribution in [3.05, 3.63) is 46.9 Å². The summed E-state index contributed by atoms with van der Waals surface area (Å²) < 4.78 is 15.1. The van der Waals surface area contributed by atoms with E-state index in [1.54, 1.807) is 12.3 Å². The van der Waals surface area contributed by atoms with Gasteiger partial charge in [0, 0.05) is 42.5 Å². The Morgan fingerprint density at radius 3 is 2.68 bits per heavy atom. The van der Waals surface area contributed by atoms with Crippen LogP contribution in [-0.2, 0) is 13.0 Å². The quantitative estimate of drug-likeness (QED) is 0.708. The largest absolute Gasteiger partial charge is 0.390 e. The highest BCUT2D eigenvalue weighted by Crippen LogP contribution is 2.37. The molecule has 0 unspecified atom stereocenters. The Hall–Kier alpha value is -2.51. The number of amides is 1. The van der Waals surface area contributed by atoms with Crippen LogP contribution in [0.3, 0.4) is 0 Å². The summed E-state index contributed by atoms with van der Waals surface area (Å²) in [5, 5.41) is 10.3. The van der Waals surface area contributed by atoms with E-state index in [2.05, 4.69) is 16.8 Å². The van der Waals surface area contributed by atoms with E-state index in [9.17, 15) is 9.90 Å². The predicted molar refractivity (Wildman–Crippen MR) is 131 cm³/mol. The number of hydrogen-bond acceptors (Lipinski definition) is 5. The number of benzene rings is 1. The zero-order valence-corrected chi connectivity index (χ0v) is 20.2. The maximum atomic E-state index is 15.1. The third-order valence-electron chi connectivity index (χ3n) is 8.19. The predicted octanol–water partition coefficient (Wildman–Crippen LogP) is 4.15. The molecular formula is C27H35FN4O2. The second-order valence-corrected chi connectivity index (χ2v) is 10.7. The summed E-state index contributed by atoms with van der Waals surface area (Å²) in [7, 11) is 0. The molecule has 34 heavy (non-hydrogen) atoms. The van der Waals surface area contributed by atoms with E-state index in [1.807, 2.05) is 24.0 Å². The second kappa shape index (κ2) is 8.93. The molecule has 2 aromatic rings. The fourth-order valence-electron chi connectivity index (χ4n) is 5.96. The maximum Gasteiger partial charge on any atom is 0.258 e. The molecule has 1 aromatic carbocycles. The van der Waals surface area contributed by atoms with Crippen molar-refractivity contribution in [1.82, 2.24) is 14.8 Å². The minimum absolute atomic E-state index is 0.0974. The number of carbonyl (C=O) groups excluding carboxylic acids is 1. The van der Waals surface area contributed by atoms with Gasteiger partial charge in [-0.25, -0.2) is 9.37 Å². The third-order valence-corrected chi connectivity index (χ3v) is 8.19. The molecule has 1 saturated heterocycles. The normalized spacial score (nSPS) is 27.8. The van der Waals surface area contributed by atoms with E-state index in [4.69, 9.17) is 5.73 Å². The molecule has 1 atom stereocenters. The van der Waals surface area contributed by atoms with Gasteiger partial charge in [0.1, 0.15) is 11.6 Å². The summed E-state index contributed by atoms with van der Waals surface area (Å²) in [6, 6.07) is 5.96. The number of rotatable bonds is 4. The summed E-state index contributed by atoms with van der Waals surface area (Å²) in [5.41, 5.74) is 9.07. The van der Waals surface area contributed by atoms with E-state index in [0.29, 0.717) is 49.5 Å². The lowest BCUT2D eigenvalue weighted by atomic mass is 9.82. The van der Waals surface area contributed by atoms with Gasteiger partial charge in [-0.3, -0.25) is 9.69 Å². The molecule has 1 aliphatic carbocycles. The minimum Gasteiger partial charge on any atom is -0.390 e. The van der Waals surface area contributed by atoms with Gasteiger partial charge >= 0.3 is 0 Å². The Morgan fingerprint density at radius 2 is 2.00 bits per heavy atom. The number of aromatic nitrogens is 1. The van der Waals surface area contributed by atoms with Crippen LogP contribution in [0.2, 0.25) is 0 Å². The zero-order chi connectivity index (χ0) is 24.0.